The average molecular weight is 454 g/mol. The molecule has 0 fully saturated rings. The molecule has 4 rings (SSSR count). The Morgan fingerprint density at radius 2 is 1.78 bits per heavy atom. The van der Waals surface area contributed by atoms with Gasteiger partial charge in [-0.3, -0.25) is 9.59 Å². The number of hydrogen-bond donors (Lipinski definition) is 2. The van der Waals surface area contributed by atoms with Crippen molar-refractivity contribution in [3.8, 4) is 11.1 Å². The molecule has 2 aromatic heterocycles. The van der Waals surface area contributed by atoms with Crippen molar-refractivity contribution in [2.75, 3.05) is 6.54 Å². The van der Waals surface area contributed by atoms with Gasteiger partial charge >= 0.3 is 11.6 Å². The second kappa shape index (κ2) is 8.51. The van der Waals surface area contributed by atoms with Gasteiger partial charge in [-0.15, -0.1) is 0 Å². The van der Waals surface area contributed by atoms with Gasteiger partial charge in [-0.1, -0.05) is 23.7 Å². The SMILES string of the molecule is Cc1c(CC(=O)NCCC(=O)O)c(=O)oc2c(C)c3occ(-c4ccc(Cl)cc4)c3cc12. The number of hydrogen-bond acceptors (Lipinski definition) is 5. The Hall–Kier alpha value is -3.58. The Bertz CT molecular complexity index is 1410. The summed E-state index contributed by atoms with van der Waals surface area (Å²) in [5.41, 5.74) is 3.79. The molecule has 0 aliphatic carbocycles. The normalized spacial score (nSPS) is 11.2. The molecule has 0 bridgehead atoms. The molecule has 7 nitrogen and oxygen atoms in total. The van der Waals surface area contributed by atoms with E-state index in [9.17, 15) is 14.4 Å². The summed E-state index contributed by atoms with van der Waals surface area (Å²) in [4.78, 5) is 35.5. The van der Waals surface area contributed by atoms with Crippen LogP contribution in [0.2, 0.25) is 5.02 Å². The molecule has 2 N–H and O–H groups in total. The maximum Gasteiger partial charge on any atom is 0.340 e. The van der Waals surface area contributed by atoms with Gasteiger partial charge in [-0.05, 0) is 43.2 Å². The van der Waals surface area contributed by atoms with Crippen molar-refractivity contribution in [2.45, 2.75) is 26.7 Å². The number of carbonyl (C=O) groups is 2. The third-order valence-electron chi connectivity index (χ3n) is 5.50. The van der Waals surface area contributed by atoms with Crippen LogP contribution in [-0.4, -0.2) is 23.5 Å². The highest BCUT2D eigenvalue weighted by molar-refractivity contribution is 6.30. The molecule has 0 saturated heterocycles. The van der Waals surface area contributed by atoms with Crippen molar-refractivity contribution in [1.29, 1.82) is 0 Å². The van der Waals surface area contributed by atoms with Gasteiger partial charge in [0.15, 0.2) is 0 Å². The Labute approximate surface area is 187 Å². The van der Waals surface area contributed by atoms with Crippen molar-refractivity contribution in [1.82, 2.24) is 5.32 Å². The van der Waals surface area contributed by atoms with Crippen LogP contribution in [0.3, 0.4) is 0 Å². The topological polar surface area (TPSA) is 110 Å². The zero-order valence-corrected chi connectivity index (χ0v) is 18.2. The molecule has 0 unspecified atom stereocenters. The van der Waals surface area contributed by atoms with Crippen molar-refractivity contribution < 1.29 is 23.5 Å². The number of rotatable bonds is 6. The van der Waals surface area contributed by atoms with E-state index in [4.69, 9.17) is 25.5 Å². The summed E-state index contributed by atoms with van der Waals surface area (Å²) in [6.45, 7) is 3.58. The minimum atomic E-state index is -1.01. The Morgan fingerprint density at radius 3 is 2.47 bits per heavy atom. The lowest BCUT2D eigenvalue weighted by Crippen LogP contribution is -2.29. The number of halogens is 1. The molecule has 0 saturated carbocycles. The molecular weight excluding hydrogens is 434 g/mol. The van der Waals surface area contributed by atoms with Crippen LogP contribution in [0, 0.1) is 13.8 Å². The maximum atomic E-state index is 12.6. The van der Waals surface area contributed by atoms with Gasteiger partial charge in [0.2, 0.25) is 5.91 Å². The standard InChI is InChI=1S/C24H20ClNO6/c1-12-16-9-18-19(14-3-5-15(25)6-4-14)11-31-22(18)13(2)23(16)32-24(30)17(12)10-20(27)26-8-7-21(28)29/h3-6,9,11H,7-8,10H2,1-2H3,(H,26,27)(H,28,29). The van der Waals surface area contributed by atoms with Crippen molar-refractivity contribution >= 4 is 45.4 Å². The highest BCUT2D eigenvalue weighted by Crippen LogP contribution is 2.37. The van der Waals surface area contributed by atoms with Crippen LogP contribution in [0.25, 0.3) is 33.1 Å². The van der Waals surface area contributed by atoms with E-state index < -0.39 is 17.5 Å². The smallest absolute Gasteiger partial charge is 0.340 e. The number of fused-ring (bicyclic) bond motifs is 2. The molecule has 164 valence electrons. The summed E-state index contributed by atoms with van der Waals surface area (Å²) in [6.07, 6.45) is 1.27. The second-order valence-electron chi connectivity index (χ2n) is 7.57. The Balaban J connectivity index is 1.80. The molecule has 2 aromatic carbocycles. The zero-order chi connectivity index (χ0) is 23.0. The number of carbonyl (C=O) groups excluding carboxylic acids is 1. The van der Waals surface area contributed by atoms with Gasteiger partial charge in [0.25, 0.3) is 0 Å². The lowest BCUT2D eigenvalue weighted by atomic mass is 9.97. The number of amides is 1. The molecule has 0 spiro atoms. The second-order valence-corrected chi connectivity index (χ2v) is 8.01. The van der Waals surface area contributed by atoms with Gasteiger partial charge < -0.3 is 19.3 Å². The molecular formula is C24H20ClNO6. The lowest BCUT2D eigenvalue weighted by Gasteiger charge is -2.10. The van der Waals surface area contributed by atoms with E-state index in [2.05, 4.69) is 5.32 Å². The fourth-order valence-corrected chi connectivity index (χ4v) is 3.91. The van der Waals surface area contributed by atoms with E-state index in [0.29, 0.717) is 32.7 Å². The summed E-state index contributed by atoms with van der Waals surface area (Å²) in [5.74, 6) is -1.45. The summed E-state index contributed by atoms with van der Waals surface area (Å²) in [7, 11) is 0. The summed E-state index contributed by atoms with van der Waals surface area (Å²) in [5, 5.41) is 13.4. The minimum Gasteiger partial charge on any atom is -0.481 e. The number of benzene rings is 2. The summed E-state index contributed by atoms with van der Waals surface area (Å²) >= 11 is 6.01. The third-order valence-corrected chi connectivity index (χ3v) is 5.75. The fourth-order valence-electron chi connectivity index (χ4n) is 3.79. The van der Waals surface area contributed by atoms with Crippen molar-refractivity contribution in [3.63, 3.8) is 0 Å². The quantitative estimate of drug-likeness (QED) is 0.412. The number of carboxylic acid groups (broad SMARTS) is 1. The van der Waals surface area contributed by atoms with Gasteiger partial charge in [0.1, 0.15) is 11.2 Å². The Morgan fingerprint density at radius 1 is 1.06 bits per heavy atom. The van der Waals surface area contributed by atoms with Gasteiger partial charge in [0, 0.05) is 33.5 Å². The number of aryl methyl sites for hydroxylation is 2. The first-order valence-electron chi connectivity index (χ1n) is 9.97. The van der Waals surface area contributed by atoms with Crippen LogP contribution in [0.4, 0.5) is 0 Å². The van der Waals surface area contributed by atoms with E-state index in [1.807, 2.05) is 25.1 Å². The van der Waals surface area contributed by atoms with E-state index in [-0.39, 0.29) is 24.9 Å². The average Bonchev–Trinajstić information content (AvgIpc) is 3.17. The van der Waals surface area contributed by atoms with Crippen molar-refractivity contribution in [3.05, 3.63) is 68.7 Å². The molecule has 0 aliphatic heterocycles. The lowest BCUT2D eigenvalue weighted by molar-refractivity contribution is -0.136. The summed E-state index contributed by atoms with van der Waals surface area (Å²) < 4.78 is 11.4. The molecule has 0 aliphatic rings. The molecule has 1 amide bonds. The highest BCUT2D eigenvalue weighted by atomic mass is 35.5. The van der Waals surface area contributed by atoms with Crippen LogP contribution in [-0.2, 0) is 16.0 Å². The van der Waals surface area contributed by atoms with Crippen LogP contribution in [0.15, 0.2) is 50.2 Å². The monoisotopic (exact) mass is 453 g/mol. The van der Waals surface area contributed by atoms with E-state index >= 15 is 0 Å². The minimum absolute atomic E-state index is 0.00860. The zero-order valence-electron chi connectivity index (χ0n) is 17.5. The molecule has 32 heavy (non-hydrogen) atoms. The van der Waals surface area contributed by atoms with Gasteiger partial charge in [-0.25, -0.2) is 4.79 Å². The predicted molar refractivity (Wildman–Crippen MR) is 121 cm³/mol. The maximum absolute atomic E-state index is 12.6. The van der Waals surface area contributed by atoms with Gasteiger partial charge in [0.05, 0.1) is 24.7 Å². The van der Waals surface area contributed by atoms with Crippen molar-refractivity contribution in [2.24, 2.45) is 0 Å². The number of carboxylic acids is 1. The molecule has 4 aromatic rings. The van der Waals surface area contributed by atoms with E-state index in [1.165, 1.54) is 0 Å². The largest absolute Gasteiger partial charge is 0.481 e. The molecule has 8 heteroatoms. The molecule has 2 heterocycles. The highest BCUT2D eigenvalue weighted by Gasteiger charge is 2.20. The number of nitrogens with one attached hydrogen (secondary N) is 1. The Kier molecular flexibility index (Phi) is 5.76. The predicted octanol–water partition coefficient (Wildman–Crippen LogP) is 4.61. The first kappa shape index (κ1) is 21.6. The number of furan rings is 1. The van der Waals surface area contributed by atoms with Crippen LogP contribution in [0.1, 0.15) is 23.1 Å². The van der Waals surface area contributed by atoms with Crippen LogP contribution in [0.5, 0.6) is 0 Å². The molecule has 0 radical (unpaired) electrons. The van der Waals surface area contributed by atoms with Gasteiger partial charge in [-0.2, -0.15) is 0 Å². The van der Waals surface area contributed by atoms with Crippen LogP contribution < -0.4 is 10.9 Å². The fraction of sp³-hybridized carbons (Fsp3) is 0.208. The molecule has 0 atom stereocenters. The van der Waals surface area contributed by atoms with Crippen LogP contribution >= 0.6 is 11.6 Å². The van der Waals surface area contributed by atoms with E-state index in [1.54, 1.807) is 25.3 Å². The first-order valence-corrected chi connectivity index (χ1v) is 10.4. The third kappa shape index (κ3) is 3.99. The van der Waals surface area contributed by atoms with E-state index in [0.717, 1.165) is 16.5 Å². The summed E-state index contributed by atoms with van der Waals surface area (Å²) in [6, 6.07) is 9.30. The first-order chi connectivity index (χ1) is 15.3. The number of aliphatic carboxylic acids is 1.